The molecule has 0 aliphatic carbocycles. The fourth-order valence-electron chi connectivity index (χ4n) is 3.40. The molecule has 2 rings (SSSR count). The Morgan fingerprint density at radius 2 is 2.00 bits per heavy atom. The Hall–Kier alpha value is -1.90. The van der Waals surface area contributed by atoms with E-state index in [1.54, 1.807) is 4.90 Å². The Labute approximate surface area is 150 Å². The number of nitriles is 1. The fourth-order valence-corrected chi connectivity index (χ4v) is 3.40. The van der Waals surface area contributed by atoms with Crippen LogP contribution in [0.4, 0.5) is 0 Å². The van der Waals surface area contributed by atoms with Crippen molar-refractivity contribution in [3.05, 3.63) is 35.4 Å². The summed E-state index contributed by atoms with van der Waals surface area (Å²) < 4.78 is 0. The standard InChI is InChI=1S/C20H29N3O2/c1-3-23(20(25)16(2)24)13-10-17-8-11-22(12-9-17)15-19-6-4-18(14-21)5-7-19/h4-7,16-17,24H,3,8-13,15H2,1-2H3. The third-order valence-electron chi connectivity index (χ3n) is 5.05. The van der Waals surface area contributed by atoms with E-state index in [-0.39, 0.29) is 5.91 Å². The molecule has 1 amide bonds. The van der Waals surface area contributed by atoms with E-state index in [0.717, 1.165) is 45.4 Å². The van der Waals surface area contributed by atoms with Gasteiger partial charge in [0.25, 0.3) is 5.91 Å². The van der Waals surface area contributed by atoms with Crippen molar-refractivity contribution in [3.63, 3.8) is 0 Å². The molecule has 1 fully saturated rings. The molecule has 1 saturated heterocycles. The van der Waals surface area contributed by atoms with Gasteiger partial charge < -0.3 is 10.0 Å². The van der Waals surface area contributed by atoms with Gasteiger partial charge in [0, 0.05) is 19.6 Å². The normalized spacial score (nSPS) is 17.0. The van der Waals surface area contributed by atoms with Crippen molar-refractivity contribution >= 4 is 5.91 Å². The summed E-state index contributed by atoms with van der Waals surface area (Å²) >= 11 is 0. The summed E-state index contributed by atoms with van der Waals surface area (Å²) in [5, 5.41) is 18.3. The number of hydrogen-bond donors (Lipinski definition) is 1. The number of carbonyl (C=O) groups excluding carboxylic acids is 1. The van der Waals surface area contributed by atoms with Crippen molar-refractivity contribution in [2.45, 2.75) is 45.8 Å². The molecule has 5 nitrogen and oxygen atoms in total. The van der Waals surface area contributed by atoms with E-state index in [2.05, 4.69) is 11.0 Å². The van der Waals surface area contributed by atoms with Crippen LogP contribution >= 0.6 is 0 Å². The van der Waals surface area contributed by atoms with Crippen LogP contribution in [-0.4, -0.2) is 53.1 Å². The van der Waals surface area contributed by atoms with E-state index < -0.39 is 6.10 Å². The lowest BCUT2D eigenvalue weighted by Gasteiger charge is -2.33. The maximum atomic E-state index is 11.9. The number of amides is 1. The molecular formula is C20H29N3O2. The van der Waals surface area contributed by atoms with Gasteiger partial charge in [-0.1, -0.05) is 12.1 Å². The van der Waals surface area contributed by atoms with Gasteiger partial charge in [-0.3, -0.25) is 9.69 Å². The maximum Gasteiger partial charge on any atom is 0.251 e. The first kappa shape index (κ1) is 19.4. The SMILES string of the molecule is CCN(CCC1CCN(Cc2ccc(C#N)cc2)CC1)C(=O)C(C)O. The molecule has 0 spiro atoms. The summed E-state index contributed by atoms with van der Waals surface area (Å²) in [5.41, 5.74) is 1.95. The highest BCUT2D eigenvalue weighted by Gasteiger charge is 2.22. The smallest absolute Gasteiger partial charge is 0.251 e. The molecular weight excluding hydrogens is 314 g/mol. The molecule has 1 aliphatic rings. The third-order valence-corrected chi connectivity index (χ3v) is 5.05. The number of benzene rings is 1. The second-order valence-electron chi connectivity index (χ2n) is 6.91. The quantitative estimate of drug-likeness (QED) is 0.825. The van der Waals surface area contributed by atoms with Crippen LogP contribution in [0.5, 0.6) is 0 Å². The average Bonchev–Trinajstić information content (AvgIpc) is 2.64. The summed E-state index contributed by atoms with van der Waals surface area (Å²) in [6.07, 6.45) is 2.40. The molecule has 1 heterocycles. The Morgan fingerprint density at radius 1 is 1.36 bits per heavy atom. The van der Waals surface area contributed by atoms with Crippen LogP contribution in [0.3, 0.4) is 0 Å². The van der Waals surface area contributed by atoms with Crippen LogP contribution < -0.4 is 0 Å². The average molecular weight is 343 g/mol. The predicted molar refractivity (Wildman–Crippen MR) is 97.7 cm³/mol. The molecule has 0 radical (unpaired) electrons. The minimum absolute atomic E-state index is 0.166. The largest absolute Gasteiger partial charge is 0.384 e. The lowest BCUT2D eigenvalue weighted by atomic mass is 9.93. The summed E-state index contributed by atoms with van der Waals surface area (Å²) in [7, 11) is 0. The Balaban J connectivity index is 1.73. The summed E-state index contributed by atoms with van der Waals surface area (Å²) in [5.74, 6) is 0.480. The first-order chi connectivity index (χ1) is 12.0. The third kappa shape index (κ3) is 5.84. The molecule has 1 atom stereocenters. The van der Waals surface area contributed by atoms with Gasteiger partial charge in [0.15, 0.2) is 0 Å². The number of rotatable bonds is 7. The highest BCUT2D eigenvalue weighted by atomic mass is 16.3. The molecule has 1 aromatic rings. The molecule has 1 aliphatic heterocycles. The zero-order valence-electron chi connectivity index (χ0n) is 15.3. The van der Waals surface area contributed by atoms with Gasteiger partial charge in [0.05, 0.1) is 11.6 Å². The Morgan fingerprint density at radius 3 is 2.52 bits per heavy atom. The first-order valence-corrected chi connectivity index (χ1v) is 9.21. The molecule has 0 aromatic heterocycles. The van der Waals surface area contributed by atoms with Crippen molar-refractivity contribution in [2.24, 2.45) is 5.92 Å². The van der Waals surface area contributed by atoms with Gasteiger partial charge in [0.2, 0.25) is 0 Å². The second kappa shape index (κ2) is 9.55. The summed E-state index contributed by atoms with van der Waals surface area (Å²) in [6.45, 7) is 7.96. The van der Waals surface area contributed by atoms with Gasteiger partial charge >= 0.3 is 0 Å². The Kier molecular flexibility index (Phi) is 7.42. The van der Waals surface area contributed by atoms with Crippen molar-refractivity contribution in [1.82, 2.24) is 9.80 Å². The number of piperidine rings is 1. The molecule has 1 unspecified atom stereocenters. The van der Waals surface area contributed by atoms with Crippen LogP contribution in [-0.2, 0) is 11.3 Å². The zero-order valence-corrected chi connectivity index (χ0v) is 15.3. The van der Waals surface area contributed by atoms with Crippen molar-refractivity contribution in [3.8, 4) is 6.07 Å². The zero-order chi connectivity index (χ0) is 18.2. The number of carbonyl (C=O) groups is 1. The van der Waals surface area contributed by atoms with Gasteiger partial charge in [0.1, 0.15) is 6.10 Å². The van der Waals surface area contributed by atoms with Crippen molar-refractivity contribution < 1.29 is 9.90 Å². The van der Waals surface area contributed by atoms with Crippen molar-refractivity contribution in [2.75, 3.05) is 26.2 Å². The minimum Gasteiger partial charge on any atom is -0.384 e. The van der Waals surface area contributed by atoms with E-state index in [1.165, 1.54) is 12.5 Å². The van der Waals surface area contributed by atoms with Crippen molar-refractivity contribution in [1.29, 1.82) is 5.26 Å². The van der Waals surface area contributed by atoms with E-state index in [0.29, 0.717) is 18.0 Å². The van der Waals surface area contributed by atoms with E-state index >= 15 is 0 Å². The lowest BCUT2D eigenvalue weighted by Crippen LogP contribution is -2.40. The number of aliphatic hydroxyl groups is 1. The number of likely N-dealkylation sites (N-methyl/N-ethyl adjacent to an activating group) is 1. The maximum absolute atomic E-state index is 11.9. The summed E-state index contributed by atoms with van der Waals surface area (Å²) in [6, 6.07) is 9.97. The monoisotopic (exact) mass is 343 g/mol. The van der Waals surface area contributed by atoms with Gasteiger partial charge in [-0.15, -0.1) is 0 Å². The van der Waals surface area contributed by atoms with E-state index in [1.807, 2.05) is 31.2 Å². The molecule has 136 valence electrons. The molecule has 1 N–H and O–H groups in total. The number of likely N-dealkylation sites (tertiary alicyclic amines) is 1. The molecule has 0 bridgehead atoms. The van der Waals surface area contributed by atoms with Gasteiger partial charge in [-0.05, 0) is 69.8 Å². The Bertz CT molecular complexity index is 584. The van der Waals surface area contributed by atoms with Crippen LogP contribution in [0.2, 0.25) is 0 Å². The van der Waals surface area contributed by atoms with E-state index in [4.69, 9.17) is 5.26 Å². The highest BCUT2D eigenvalue weighted by Crippen LogP contribution is 2.22. The van der Waals surface area contributed by atoms with Gasteiger partial charge in [-0.2, -0.15) is 5.26 Å². The van der Waals surface area contributed by atoms with E-state index in [9.17, 15) is 9.90 Å². The molecule has 5 heteroatoms. The molecule has 25 heavy (non-hydrogen) atoms. The molecule has 1 aromatic carbocycles. The fraction of sp³-hybridized carbons (Fsp3) is 0.600. The minimum atomic E-state index is -0.908. The lowest BCUT2D eigenvalue weighted by molar-refractivity contribution is -0.139. The van der Waals surface area contributed by atoms with Crippen LogP contribution in [0.25, 0.3) is 0 Å². The van der Waals surface area contributed by atoms with Gasteiger partial charge in [-0.25, -0.2) is 0 Å². The molecule has 0 saturated carbocycles. The predicted octanol–water partition coefficient (Wildman–Crippen LogP) is 2.39. The van der Waals surface area contributed by atoms with Crippen LogP contribution in [0.15, 0.2) is 24.3 Å². The summed E-state index contributed by atoms with van der Waals surface area (Å²) in [4.78, 5) is 16.1. The topological polar surface area (TPSA) is 67.6 Å². The number of nitrogens with zero attached hydrogens (tertiary/aromatic N) is 3. The second-order valence-corrected chi connectivity index (χ2v) is 6.91. The van der Waals surface area contributed by atoms with Crippen LogP contribution in [0.1, 0.15) is 44.2 Å². The number of hydrogen-bond acceptors (Lipinski definition) is 4. The number of aliphatic hydroxyl groups excluding tert-OH is 1. The van der Waals surface area contributed by atoms with Crippen LogP contribution in [0, 0.1) is 17.2 Å². The first-order valence-electron chi connectivity index (χ1n) is 9.21. The highest BCUT2D eigenvalue weighted by molar-refractivity contribution is 5.80.